The van der Waals surface area contributed by atoms with Crippen LogP contribution >= 0.6 is 0 Å². The fraction of sp³-hybridized carbons (Fsp3) is 0.381. The van der Waals surface area contributed by atoms with Gasteiger partial charge in [-0.3, -0.25) is 4.79 Å². The summed E-state index contributed by atoms with van der Waals surface area (Å²) >= 11 is 0. The molecule has 2 aromatic rings. The van der Waals surface area contributed by atoms with Gasteiger partial charge in [-0.2, -0.15) is 4.31 Å². The molecular formula is C21H25FN2O4S. The monoisotopic (exact) mass is 420 g/mol. The maximum atomic E-state index is 13.1. The molecule has 1 amide bonds. The SMILES string of the molecule is COc1ccc(S(=O)(=O)N2CCC[C@@H](C(=O)N[C@H](C)c3ccc(F)cc3)C2)cc1. The Morgan fingerprint density at radius 1 is 1.17 bits per heavy atom. The summed E-state index contributed by atoms with van der Waals surface area (Å²) < 4.78 is 45.4. The Kier molecular flexibility index (Phi) is 6.54. The molecule has 1 aliphatic heterocycles. The maximum absolute atomic E-state index is 13.1. The number of nitrogens with one attached hydrogen (secondary N) is 1. The lowest BCUT2D eigenvalue weighted by molar-refractivity contribution is -0.126. The number of benzene rings is 2. The molecule has 0 spiro atoms. The van der Waals surface area contributed by atoms with Crippen LogP contribution in [0.15, 0.2) is 53.4 Å². The Balaban J connectivity index is 1.67. The second-order valence-electron chi connectivity index (χ2n) is 7.16. The number of sulfonamides is 1. The quantitative estimate of drug-likeness (QED) is 0.779. The molecule has 8 heteroatoms. The number of ether oxygens (including phenoxy) is 1. The van der Waals surface area contributed by atoms with E-state index in [-0.39, 0.29) is 29.2 Å². The van der Waals surface area contributed by atoms with E-state index in [1.807, 2.05) is 6.92 Å². The minimum absolute atomic E-state index is 0.135. The number of rotatable bonds is 6. The highest BCUT2D eigenvalue weighted by Crippen LogP contribution is 2.26. The molecule has 1 fully saturated rings. The largest absolute Gasteiger partial charge is 0.497 e. The van der Waals surface area contributed by atoms with Gasteiger partial charge in [0.1, 0.15) is 11.6 Å². The van der Waals surface area contributed by atoms with Gasteiger partial charge in [-0.15, -0.1) is 0 Å². The zero-order valence-corrected chi connectivity index (χ0v) is 17.3. The van der Waals surface area contributed by atoms with Gasteiger partial charge in [0, 0.05) is 13.1 Å². The molecule has 0 unspecified atom stereocenters. The predicted molar refractivity (Wildman–Crippen MR) is 107 cm³/mol. The molecule has 6 nitrogen and oxygen atoms in total. The first kappa shape index (κ1) is 21.3. The number of carbonyl (C=O) groups excluding carboxylic acids is 1. The van der Waals surface area contributed by atoms with E-state index in [1.54, 1.807) is 24.3 Å². The van der Waals surface area contributed by atoms with E-state index >= 15 is 0 Å². The van der Waals surface area contributed by atoms with Crippen molar-refractivity contribution in [2.24, 2.45) is 5.92 Å². The standard InChI is InChI=1S/C21H25FN2O4S/c1-15(16-5-7-18(22)8-6-16)23-21(25)17-4-3-13-24(14-17)29(26,27)20-11-9-19(28-2)10-12-20/h5-12,15,17H,3-4,13-14H2,1-2H3,(H,23,25)/t15-,17-/m1/s1. The third-order valence-corrected chi connectivity index (χ3v) is 7.06. The predicted octanol–water partition coefficient (Wildman–Crippen LogP) is 3.11. The highest BCUT2D eigenvalue weighted by atomic mass is 32.2. The lowest BCUT2D eigenvalue weighted by Crippen LogP contribution is -2.45. The van der Waals surface area contributed by atoms with Gasteiger partial charge in [-0.25, -0.2) is 12.8 Å². The fourth-order valence-corrected chi connectivity index (χ4v) is 4.96. The number of piperidine rings is 1. The van der Waals surface area contributed by atoms with Gasteiger partial charge >= 0.3 is 0 Å². The van der Waals surface area contributed by atoms with Crippen LogP contribution in [0, 0.1) is 11.7 Å². The van der Waals surface area contributed by atoms with E-state index < -0.39 is 15.9 Å². The molecule has 156 valence electrons. The Labute approximate surface area is 170 Å². The topological polar surface area (TPSA) is 75.7 Å². The first-order valence-corrected chi connectivity index (χ1v) is 11.0. The van der Waals surface area contributed by atoms with Gasteiger partial charge in [0.2, 0.25) is 15.9 Å². The van der Waals surface area contributed by atoms with E-state index in [2.05, 4.69) is 5.32 Å². The van der Waals surface area contributed by atoms with Crippen molar-refractivity contribution >= 4 is 15.9 Å². The zero-order chi connectivity index (χ0) is 21.0. The smallest absolute Gasteiger partial charge is 0.243 e. The minimum Gasteiger partial charge on any atom is -0.497 e. The van der Waals surface area contributed by atoms with Crippen LogP contribution in [-0.2, 0) is 14.8 Å². The molecule has 0 aromatic heterocycles. The van der Waals surface area contributed by atoms with Crippen LogP contribution in [0.4, 0.5) is 4.39 Å². The summed E-state index contributed by atoms with van der Waals surface area (Å²) in [4.78, 5) is 12.9. The lowest BCUT2D eigenvalue weighted by atomic mass is 9.98. The van der Waals surface area contributed by atoms with Crippen molar-refractivity contribution in [3.8, 4) is 5.75 Å². The summed E-state index contributed by atoms with van der Waals surface area (Å²) in [6, 6.07) is 11.9. The van der Waals surface area contributed by atoms with Crippen molar-refractivity contribution in [2.45, 2.75) is 30.7 Å². The molecule has 0 saturated carbocycles. The highest BCUT2D eigenvalue weighted by molar-refractivity contribution is 7.89. The van der Waals surface area contributed by atoms with Gasteiger partial charge < -0.3 is 10.1 Å². The Morgan fingerprint density at radius 3 is 2.45 bits per heavy atom. The van der Waals surface area contributed by atoms with Crippen molar-refractivity contribution < 1.29 is 22.3 Å². The number of amides is 1. The van der Waals surface area contributed by atoms with Crippen molar-refractivity contribution in [3.05, 3.63) is 59.9 Å². The van der Waals surface area contributed by atoms with E-state index in [9.17, 15) is 17.6 Å². The third-order valence-electron chi connectivity index (χ3n) is 5.18. The van der Waals surface area contributed by atoms with Gasteiger partial charge in [-0.05, 0) is 61.7 Å². The average Bonchev–Trinajstić information content (AvgIpc) is 2.74. The lowest BCUT2D eigenvalue weighted by Gasteiger charge is -2.32. The third kappa shape index (κ3) is 4.94. The molecule has 2 aromatic carbocycles. The molecule has 1 aliphatic rings. The number of methoxy groups -OCH3 is 1. The van der Waals surface area contributed by atoms with Crippen molar-refractivity contribution in [3.63, 3.8) is 0 Å². The molecule has 0 radical (unpaired) electrons. The van der Waals surface area contributed by atoms with Gasteiger partial charge in [0.15, 0.2) is 0 Å². The fourth-order valence-electron chi connectivity index (χ4n) is 3.44. The van der Waals surface area contributed by atoms with E-state index in [1.165, 1.54) is 35.7 Å². The number of halogens is 1. The van der Waals surface area contributed by atoms with Crippen molar-refractivity contribution in [1.82, 2.24) is 9.62 Å². The number of hydrogen-bond donors (Lipinski definition) is 1. The Hall–Kier alpha value is -2.45. The first-order valence-electron chi connectivity index (χ1n) is 9.51. The molecule has 1 saturated heterocycles. The van der Waals surface area contributed by atoms with Crippen molar-refractivity contribution in [2.75, 3.05) is 20.2 Å². The summed E-state index contributed by atoms with van der Waals surface area (Å²) in [5.74, 6) is -0.385. The molecule has 29 heavy (non-hydrogen) atoms. The molecule has 3 rings (SSSR count). The Bertz CT molecular complexity index is 946. The number of hydrogen-bond acceptors (Lipinski definition) is 4. The molecular weight excluding hydrogens is 395 g/mol. The highest BCUT2D eigenvalue weighted by Gasteiger charge is 2.33. The van der Waals surface area contributed by atoms with Crippen LogP contribution in [0.1, 0.15) is 31.4 Å². The summed E-state index contributed by atoms with van der Waals surface area (Å²) in [6.45, 7) is 2.34. The van der Waals surface area contributed by atoms with Crippen molar-refractivity contribution in [1.29, 1.82) is 0 Å². The molecule has 2 atom stereocenters. The van der Waals surface area contributed by atoms with Crippen LogP contribution in [0.5, 0.6) is 5.75 Å². The minimum atomic E-state index is -3.68. The van der Waals surface area contributed by atoms with Crippen LogP contribution in [0.2, 0.25) is 0 Å². The number of carbonyl (C=O) groups is 1. The Morgan fingerprint density at radius 2 is 1.83 bits per heavy atom. The van der Waals surface area contributed by atoms with Crippen LogP contribution < -0.4 is 10.1 Å². The molecule has 1 N–H and O–H groups in total. The summed E-state index contributed by atoms with van der Waals surface area (Å²) in [7, 11) is -2.16. The normalized spacial score (nSPS) is 18.8. The second kappa shape index (κ2) is 8.92. The van der Waals surface area contributed by atoms with Gasteiger partial charge in [-0.1, -0.05) is 12.1 Å². The van der Waals surface area contributed by atoms with Crippen LogP contribution in [0.25, 0.3) is 0 Å². The zero-order valence-electron chi connectivity index (χ0n) is 16.5. The van der Waals surface area contributed by atoms with Gasteiger partial charge in [0.25, 0.3) is 0 Å². The van der Waals surface area contributed by atoms with E-state index in [0.717, 1.165) is 5.56 Å². The summed E-state index contributed by atoms with van der Waals surface area (Å²) in [5.41, 5.74) is 0.790. The molecule has 0 bridgehead atoms. The molecule has 0 aliphatic carbocycles. The second-order valence-corrected chi connectivity index (χ2v) is 9.10. The van der Waals surface area contributed by atoms with E-state index in [0.29, 0.717) is 25.1 Å². The van der Waals surface area contributed by atoms with Crippen LogP contribution in [-0.4, -0.2) is 38.8 Å². The summed E-state index contributed by atoms with van der Waals surface area (Å²) in [5, 5.41) is 2.91. The molecule has 1 heterocycles. The summed E-state index contributed by atoms with van der Waals surface area (Å²) in [6.07, 6.45) is 1.23. The van der Waals surface area contributed by atoms with Crippen LogP contribution in [0.3, 0.4) is 0 Å². The van der Waals surface area contributed by atoms with E-state index in [4.69, 9.17) is 4.74 Å². The average molecular weight is 421 g/mol. The number of nitrogens with zero attached hydrogens (tertiary/aromatic N) is 1. The maximum Gasteiger partial charge on any atom is 0.243 e. The first-order chi connectivity index (χ1) is 13.8. The van der Waals surface area contributed by atoms with Gasteiger partial charge in [0.05, 0.1) is 24.0 Å².